The fourth-order valence-corrected chi connectivity index (χ4v) is 7.14. The van der Waals surface area contributed by atoms with Crippen LogP contribution in [0.2, 0.25) is 0 Å². The first-order valence-corrected chi connectivity index (χ1v) is 20.7. The highest BCUT2D eigenvalue weighted by atomic mass is 31.2. The summed E-state index contributed by atoms with van der Waals surface area (Å²) in [6.45, 7) is 10.8. The molecule has 8 atom stereocenters. The average Bonchev–Trinajstić information content (AvgIpc) is 3.55. The van der Waals surface area contributed by atoms with E-state index in [0.717, 1.165) is 97.3 Å². The van der Waals surface area contributed by atoms with Gasteiger partial charge in [0.2, 0.25) is 0 Å². The molecule has 0 aliphatic carbocycles. The predicted octanol–water partition coefficient (Wildman–Crippen LogP) is 1.81. The molecule has 2 fully saturated rings. The number of aliphatic hydroxyl groups is 2. The quantitative estimate of drug-likeness (QED) is 0.0376. The van der Waals surface area contributed by atoms with E-state index in [2.05, 4.69) is 21.3 Å². The van der Waals surface area contributed by atoms with Gasteiger partial charge in [0.25, 0.3) is 0 Å². The molecule has 2 unspecified atom stereocenters. The van der Waals surface area contributed by atoms with Gasteiger partial charge in [-0.2, -0.15) is 0 Å². The van der Waals surface area contributed by atoms with Crippen LogP contribution in [0.1, 0.15) is 78.1 Å². The van der Waals surface area contributed by atoms with Crippen molar-refractivity contribution < 1.29 is 56.7 Å². The van der Waals surface area contributed by atoms with E-state index in [0.29, 0.717) is 12.8 Å². The number of rotatable bonds is 31. The van der Waals surface area contributed by atoms with E-state index in [9.17, 15) is 24.0 Å². The summed E-state index contributed by atoms with van der Waals surface area (Å²) in [4.78, 5) is 20.3. The summed E-state index contributed by atoms with van der Waals surface area (Å²) in [6.07, 6.45) is 4.47. The van der Waals surface area contributed by atoms with E-state index < -0.39 is 40.1 Å². The molecular formula is C30H64N4O12P2. The number of aliphatic hydroxyl groups excluding tert-OH is 2. The van der Waals surface area contributed by atoms with Crippen LogP contribution in [-0.4, -0.2) is 135 Å². The Morgan fingerprint density at radius 3 is 1.62 bits per heavy atom. The van der Waals surface area contributed by atoms with Gasteiger partial charge in [0, 0.05) is 19.4 Å². The predicted molar refractivity (Wildman–Crippen MR) is 182 cm³/mol. The normalized spacial score (nSPS) is 27.0. The summed E-state index contributed by atoms with van der Waals surface area (Å²) in [7, 11) is -8.89. The van der Waals surface area contributed by atoms with E-state index in [1.54, 1.807) is 13.8 Å². The monoisotopic (exact) mass is 734 g/mol. The Kier molecular flexibility index (Phi) is 23.7. The van der Waals surface area contributed by atoms with Gasteiger partial charge >= 0.3 is 15.6 Å². The van der Waals surface area contributed by atoms with Gasteiger partial charge < -0.3 is 50.7 Å². The minimum absolute atomic E-state index is 0.0451. The van der Waals surface area contributed by atoms with Crippen molar-refractivity contribution in [3.63, 3.8) is 0 Å². The minimum Gasteiger partial charge on any atom is -0.396 e. The second-order valence-corrected chi connectivity index (χ2v) is 15.4. The standard InChI is InChI=1S/C30H64N4O12P2/c1-25-21-27(36)29(44-25)23-43-48(39,40)46-28-22-26(2)45-30(28)24-42-47(37,38)41-20-8-6-14-34-18-10-16-32-12-4-3-11-31-15-9-17-33-13-5-7-19-35/h25-36H,3-24H2,1-2H3,(H,37,38)(H,39,40)/t25-,26-,27+,28+,29+,30+/m0/s1. The lowest BCUT2D eigenvalue weighted by molar-refractivity contribution is -0.0352. The average molecular weight is 735 g/mol. The second kappa shape index (κ2) is 25.8. The van der Waals surface area contributed by atoms with Crippen molar-refractivity contribution in [2.24, 2.45) is 0 Å². The largest absolute Gasteiger partial charge is 0.472 e. The molecule has 0 amide bonds. The van der Waals surface area contributed by atoms with Crippen molar-refractivity contribution in [2.75, 3.05) is 78.8 Å². The maximum Gasteiger partial charge on any atom is 0.472 e. The molecule has 18 heteroatoms. The van der Waals surface area contributed by atoms with Crippen LogP contribution in [0.5, 0.6) is 0 Å². The zero-order chi connectivity index (χ0) is 35.1. The van der Waals surface area contributed by atoms with Crippen LogP contribution in [-0.2, 0) is 36.7 Å². The highest BCUT2D eigenvalue weighted by molar-refractivity contribution is 7.47. The number of phosphoric ester groups is 2. The maximum atomic E-state index is 12.5. The van der Waals surface area contributed by atoms with E-state index in [-0.39, 0.29) is 45.1 Å². The highest BCUT2D eigenvalue weighted by Gasteiger charge is 2.42. The maximum absolute atomic E-state index is 12.5. The third kappa shape index (κ3) is 21.3. The van der Waals surface area contributed by atoms with Crippen LogP contribution < -0.4 is 21.3 Å². The Morgan fingerprint density at radius 2 is 1.08 bits per heavy atom. The van der Waals surface area contributed by atoms with E-state index >= 15 is 0 Å². The van der Waals surface area contributed by atoms with Crippen LogP contribution in [0.25, 0.3) is 0 Å². The molecule has 2 saturated heterocycles. The van der Waals surface area contributed by atoms with Gasteiger partial charge in [-0.25, -0.2) is 9.13 Å². The lowest BCUT2D eigenvalue weighted by Gasteiger charge is -2.23. The van der Waals surface area contributed by atoms with Crippen molar-refractivity contribution in [2.45, 2.75) is 115 Å². The number of hydrogen-bond donors (Lipinski definition) is 8. The molecule has 0 aromatic heterocycles. The molecule has 0 bridgehead atoms. The van der Waals surface area contributed by atoms with Crippen molar-refractivity contribution in [3.8, 4) is 0 Å². The first-order chi connectivity index (χ1) is 23.0. The second-order valence-electron chi connectivity index (χ2n) is 12.6. The number of unbranched alkanes of at least 4 members (excludes halogenated alkanes) is 3. The van der Waals surface area contributed by atoms with Crippen LogP contribution in [0.3, 0.4) is 0 Å². The summed E-state index contributed by atoms with van der Waals surface area (Å²) < 4.78 is 56.5. The topological polar surface area (TPSA) is 219 Å². The minimum atomic E-state index is -4.53. The van der Waals surface area contributed by atoms with Crippen molar-refractivity contribution in [1.29, 1.82) is 0 Å². The van der Waals surface area contributed by atoms with Crippen LogP contribution in [0.4, 0.5) is 0 Å². The third-order valence-corrected chi connectivity index (χ3v) is 10.0. The molecule has 0 aromatic carbocycles. The fourth-order valence-electron chi connectivity index (χ4n) is 5.41. The van der Waals surface area contributed by atoms with E-state index in [1.165, 1.54) is 0 Å². The number of phosphoric acid groups is 2. The SMILES string of the molecule is C[C@H]1C[C@@H](O)[C@@H](COP(=O)(O)O[C@@H]2C[C@H](C)O[C@@H]2COP(=O)(O)OCCCCNCCCNCCCCNCCCNCCCCO)O1. The summed E-state index contributed by atoms with van der Waals surface area (Å²) >= 11 is 0. The molecule has 48 heavy (non-hydrogen) atoms. The van der Waals surface area contributed by atoms with Crippen LogP contribution in [0, 0.1) is 0 Å². The summed E-state index contributed by atoms with van der Waals surface area (Å²) in [6, 6.07) is 0. The Morgan fingerprint density at radius 1 is 0.625 bits per heavy atom. The molecule has 286 valence electrons. The Hall–Kier alpha value is -0.100. The molecular weight excluding hydrogens is 670 g/mol. The van der Waals surface area contributed by atoms with Gasteiger partial charge in [-0.15, -0.1) is 0 Å². The Balaban J connectivity index is 1.41. The number of nitrogens with one attached hydrogen (secondary N) is 4. The third-order valence-electron chi connectivity index (χ3n) is 8.00. The highest BCUT2D eigenvalue weighted by Crippen LogP contribution is 2.49. The van der Waals surface area contributed by atoms with Gasteiger partial charge in [-0.05, 0) is 118 Å². The fraction of sp³-hybridized carbons (Fsp3) is 1.00. The smallest absolute Gasteiger partial charge is 0.396 e. The van der Waals surface area contributed by atoms with Crippen LogP contribution >= 0.6 is 15.6 Å². The molecule has 0 saturated carbocycles. The van der Waals surface area contributed by atoms with Gasteiger partial charge in [0.05, 0.1) is 38.1 Å². The zero-order valence-corrected chi connectivity index (χ0v) is 30.8. The van der Waals surface area contributed by atoms with Crippen molar-refractivity contribution >= 4 is 15.6 Å². The molecule has 2 aliphatic heterocycles. The van der Waals surface area contributed by atoms with Crippen molar-refractivity contribution in [3.05, 3.63) is 0 Å². The number of ether oxygens (including phenoxy) is 2. The first-order valence-electron chi connectivity index (χ1n) is 17.7. The molecule has 0 radical (unpaired) electrons. The number of hydrogen-bond acceptors (Lipinski definition) is 14. The zero-order valence-electron chi connectivity index (χ0n) is 29.0. The van der Waals surface area contributed by atoms with Crippen molar-refractivity contribution in [1.82, 2.24) is 21.3 Å². The van der Waals surface area contributed by atoms with Gasteiger partial charge in [0.15, 0.2) is 0 Å². The Bertz CT molecular complexity index is 914. The van der Waals surface area contributed by atoms with E-state index in [1.807, 2.05) is 0 Å². The van der Waals surface area contributed by atoms with Gasteiger partial charge in [0.1, 0.15) is 18.3 Å². The lowest BCUT2D eigenvalue weighted by Crippen LogP contribution is -2.30. The molecule has 8 N–H and O–H groups in total. The van der Waals surface area contributed by atoms with Crippen LogP contribution in [0.15, 0.2) is 0 Å². The van der Waals surface area contributed by atoms with Gasteiger partial charge in [-0.3, -0.25) is 18.1 Å². The van der Waals surface area contributed by atoms with Gasteiger partial charge in [-0.1, -0.05) is 0 Å². The molecule has 0 aromatic rings. The molecule has 2 aliphatic rings. The molecule has 0 spiro atoms. The lowest BCUT2D eigenvalue weighted by atomic mass is 10.1. The molecule has 16 nitrogen and oxygen atoms in total. The summed E-state index contributed by atoms with van der Waals surface area (Å²) in [5.41, 5.74) is 0. The summed E-state index contributed by atoms with van der Waals surface area (Å²) in [5, 5.41) is 32.4. The molecule has 2 rings (SSSR count). The Labute approximate surface area is 286 Å². The molecule has 2 heterocycles. The summed E-state index contributed by atoms with van der Waals surface area (Å²) in [5.74, 6) is 0. The first kappa shape index (κ1) is 44.1. The van der Waals surface area contributed by atoms with E-state index in [4.69, 9.17) is 32.7 Å².